The number of aromatic nitrogens is 1. The number of hydrogen-bond acceptors (Lipinski definition) is 8. The molecule has 3 rings (SSSR count). The number of rotatable bonds is 9. The van der Waals surface area contributed by atoms with Crippen molar-refractivity contribution in [3.8, 4) is 0 Å². The van der Waals surface area contributed by atoms with Gasteiger partial charge in [0.1, 0.15) is 12.1 Å². The molecule has 0 aliphatic carbocycles. The van der Waals surface area contributed by atoms with Crippen molar-refractivity contribution in [1.82, 2.24) is 10.3 Å². The maximum absolute atomic E-state index is 13.3. The summed E-state index contributed by atoms with van der Waals surface area (Å²) in [6, 6.07) is 13.8. The molecule has 0 fully saturated rings. The molecule has 3 aromatic rings. The Morgan fingerprint density at radius 2 is 1.61 bits per heavy atom. The molecule has 10 nitrogen and oxygen atoms in total. The van der Waals surface area contributed by atoms with Crippen LogP contribution >= 0.6 is 11.3 Å². The lowest BCUT2D eigenvalue weighted by Crippen LogP contribution is -2.49. The molecule has 36 heavy (non-hydrogen) atoms. The van der Waals surface area contributed by atoms with E-state index in [1.165, 1.54) is 19.4 Å². The average molecular weight is 510 g/mol. The van der Waals surface area contributed by atoms with Gasteiger partial charge < -0.3 is 26.4 Å². The molecule has 0 saturated heterocycles. The van der Waals surface area contributed by atoms with Crippen molar-refractivity contribution in [2.24, 2.45) is 5.73 Å². The van der Waals surface area contributed by atoms with Crippen LogP contribution in [0.15, 0.2) is 60.0 Å². The standard InChI is InChI=1S/C25H27N5O5S/c1-14(16-7-5-4-6-8-16)21(23(33)30-25-28-19(13-36-25)24(34)35-3)29-22(32)20(26)17-9-11-18(12-10-17)27-15(2)31/h4-14,20-21H,26H2,1-3H3,(H,27,31)(H,29,32)(H,28,30,33)/t14-,20?,21-/m0/s1. The van der Waals surface area contributed by atoms with E-state index in [9.17, 15) is 19.2 Å². The Labute approximate surface area is 212 Å². The molecule has 0 spiro atoms. The molecular formula is C25H27N5O5S. The van der Waals surface area contributed by atoms with Crippen LogP contribution in [-0.2, 0) is 19.1 Å². The number of ether oxygens (including phenoxy) is 1. The summed E-state index contributed by atoms with van der Waals surface area (Å²) in [4.78, 5) is 53.3. The number of thiazole rings is 1. The van der Waals surface area contributed by atoms with Crippen LogP contribution in [0.5, 0.6) is 0 Å². The van der Waals surface area contributed by atoms with Crippen LogP contribution in [0.25, 0.3) is 0 Å². The molecule has 0 saturated carbocycles. The summed E-state index contributed by atoms with van der Waals surface area (Å²) in [6.07, 6.45) is 0. The molecule has 0 radical (unpaired) electrons. The Hall–Kier alpha value is -4.09. The van der Waals surface area contributed by atoms with Crippen LogP contribution in [-0.4, -0.2) is 41.8 Å². The first-order chi connectivity index (χ1) is 17.2. The summed E-state index contributed by atoms with van der Waals surface area (Å²) in [5.41, 5.74) is 8.17. The van der Waals surface area contributed by atoms with Gasteiger partial charge in [-0.1, -0.05) is 49.4 Å². The summed E-state index contributed by atoms with van der Waals surface area (Å²) in [7, 11) is 1.24. The Balaban J connectivity index is 1.79. The predicted octanol–water partition coefficient (Wildman–Crippen LogP) is 2.82. The fourth-order valence-electron chi connectivity index (χ4n) is 3.45. The molecule has 0 aliphatic rings. The first kappa shape index (κ1) is 26.5. The van der Waals surface area contributed by atoms with E-state index in [1.54, 1.807) is 24.3 Å². The van der Waals surface area contributed by atoms with Gasteiger partial charge in [-0.15, -0.1) is 11.3 Å². The Morgan fingerprint density at radius 3 is 2.22 bits per heavy atom. The van der Waals surface area contributed by atoms with Crippen LogP contribution in [0.1, 0.15) is 47.4 Å². The first-order valence-electron chi connectivity index (χ1n) is 11.0. The van der Waals surface area contributed by atoms with Crippen LogP contribution in [0.4, 0.5) is 10.8 Å². The van der Waals surface area contributed by atoms with Gasteiger partial charge in [0.25, 0.3) is 0 Å². The normalized spacial score (nSPS) is 13.1. The second kappa shape index (κ2) is 12.0. The van der Waals surface area contributed by atoms with Crippen molar-refractivity contribution in [2.45, 2.75) is 31.8 Å². The molecule has 0 aliphatic heterocycles. The number of methoxy groups -OCH3 is 1. The van der Waals surface area contributed by atoms with Crippen molar-refractivity contribution < 1.29 is 23.9 Å². The fraction of sp³-hybridized carbons (Fsp3) is 0.240. The largest absolute Gasteiger partial charge is 0.464 e. The van der Waals surface area contributed by atoms with Gasteiger partial charge in [0.2, 0.25) is 17.7 Å². The number of nitrogens with two attached hydrogens (primary N) is 1. The first-order valence-corrected chi connectivity index (χ1v) is 11.9. The maximum Gasteiger partial charge on any atom is 0.357 e. The van der Waals surface area contributed by atoms with E-state index in [0.29, 0.717) is 11.3 Å². The second-order valence-electron chi connectivity index (χ2n) is 7.99. The summed E-state index contributed by atoms with van der Waals surface area (Å²) in [5.74, 6) is -2.32. The van der Waals surface area contributed by atoms with Gasteiger partial charge in [-0.3, -0.25) is 14.4 Å². The van der Waals surface area contributed by atoms with E-state index in [4.69, 9.17) is 5.73 Å². The molecule has 2 aromatic carbocycles. The zero-order valence-electron chi connectivity index (χ0n) is 20.0. The SMILES string of the molecule is COC(=O)c1csc(NC(=O)[C@@H](NC(=O)C(N)c2ccc(NC(C)=O)cc2)[C@@H](C)c2ccccc2)n1. The van der Waals surface area contributed by atoms with Gasteiger partial charge >= 0.3 is 5.97 Å². The zero-order chi connectivity index (χ0) is 26.2. The summed E-state index contributed by atoms with van der Waals surface area (Å²) < 4.78 is 4.65. The van der Waals surface area contributed by atoms with Crippen LogP contribution in [0.3, 0.4) is 0 Å². The number of carbonyl (C=O) groups excluding carboxylic acids is 4. The zero-order valence-corrected chi connectivity index (χ0v) is 20.8. The monoisotopic (exact) mass is 509 g/mol. The smallest absolute Gasteiger partial charge is 0.357 e. The third kappa shape index (κ3) is 6.74. The van der Waals surface area contributed by atoms with Crippen molar-refractivity contribution in [1.29, 1.82) is 0 Å². The molecule has 3 amide bonds. The number of nitrogens with zero attached hydrogens (tertiary/aromatic N) is 1. The van der Waals surface area contributed by atoms with Crippen LogP contribution in [0, 0.1) is 0 Å². The lowest BCUT2D eigenvalue weighted by molar-refractivity contribution is -0.127. The molecule has 1 unspecified atom stereocenters. The molecule has 1 aromatic heterocycles. The molecule has 5 N–H and O–H groups in total. The molecule has 11 heteroatoms. The van der Waals surface area contributed by atoms with Gasteiger partial charge in [0.15, 0.2) is 10.8 Å². The van der Waals surface area contributed by atoms with E-state index in [0.717, 1.165) is 16.9 Å². The highest BCUT2D eigenvalue weighted by Crippen LogP contribution is 2.23. The van der Waals surface area contributed by atoms with Crippen molar-refractivity contribution >= 4 is 45.8 Å². The lowest BCUT2D eigenvalue weighted by Gasteiger charge is -2.26. The third-order valence-electron chi connectivity index (χ3n) is 5.41. The molecular weight excluding hydrogens is 482 g/mol. The molecule has 0 bridgehead atoms. The predicted molar refractivity (Wildman–Crippen MR) is 137 cm³/mol. The molecule has 188 valence electrons. The number of anilines is 2. The van der Waals surface area contributed by atoms with Gasteiger partial charge in [-0.2, -0.15) is 0 Å². The number of carbonyl (C=O) groups is 4. The quantitative estimate of drug-likeness (QED) is 0.324. The number of benzene rings is 2. The second-order valence-corrected chi connectivity index (χ2v) is 8.84. The van der Waals surface area contributed by atoms with E-state index >= 15 is 0 Å². The average Bonchev–Trinajstić information content (AvgIpc) is 3.34. The van der Waals surface area contributed by atoms with Crippen LogP contribution < -0.4 is 21.7 Å². The number of nitrogens with one attached hydrogen (secondary N) is 3. The molecule has 1 heterocycles. The van der Waals surface area contributed by atoms with Gasteiger partial charge in [-0.05, 0) is 23.3 Å². The number of amides is 3. The Kier molecular flexibility index (Phi) is 8.87. The topological polar surface area (TPSA) is 153 Å². The van der Waals surface area contributed by atoms with Crippen molar-refractivity contribution in [2.75, 3.05) is 17.7 Å². The van der Waals surface area contributed by atoms with E-state index in [2.05, 4.69) is 25.7 Å². The van der Waals surface area contributed by atoms with Crippen LogP contribution in [0.2, 0.25) is 0 Å². The minimum atomic E-state index is -1.06. The number of esters is 1. The summed E-state index contributed by atoms with van der Waals surface area (Å²) >= 11 is 1.06. The lowest BCUT2D eigenvalue weighted by atomic mass is 9.92. The van der Waals surface area contributed by atoms with E-state index in [-0.39, 0.29) is 16.7 Å². The summed E-state index contributed by atoms with van der Waals surface area (Å²) in [6.45, 7) is 3.21. The van der Waals surface area contributed by atoms with Gasteiger partial charge in [-0.25, -0.2) is 9.78 Å². The highest BCUT2D eigenvalue weighted by Gasteiger charge is 2.31. The van der Waals surface area contributed by atoms with Gasteiger partial charge in [0, 0.05) is 23.9 Å². The number of hydrogen-bond donors (Lipinski definition) is 4. The van der Waals surface area contributed by atoms with E-state index < -0.39 is 35.8 Å². The Morgan fingerprint density at radius 1 is 0.944 bits per heavy atom. The molecule has 3 atom stereocenters. The Bertz CT molecular complexity index is 1230. The summed E-state index contributed by atoms with van der Waals surface area (Å²) in [5, 5.41) is 9.74. The third-order valence-corrected chi connectivity index (χ3v) is 6.16. The van der Waals surface area contributed by atoms with Gasteiger partial charge in [0.05, 0.1) is 7.11 Å². The minimum absolute atomic E-state index is 0.0687. The van der Waals surface area contributed by atoms with E-state index in [1.807, 2.05) is 37.3 Å². The highest BCUT2D eigenvalue weighted by molar-refractivity contribution is 7.14. The fourth-order valence-corrected chi connectivity index (χ4v) is 4.13. The van der Waals surface area contributed by atoms with Crippen molar-refractivity contribution in [3.63, 3.8) is 0 Å². The highest BCUT2D eigenvalue weighted by atomic mass is 32.1. The minimum Gasteiger partial charge on any atom is -0.464 e. The maximum atomic E-state index is 13.3. The van der Waals surface area contributed by atoms with Crippen molar-refractivity contribution in [3.05, 3.63) is 76.8 Å².